The topological polar surface area (TPSA) is 83.7 Å². The predicted octanol–water partition coefficient (Wildman–Crippen LogP) is 1.45. The maximum atomic E-state index is 12.7. The molecule has 0 N–H and O–H groups in total. The van der Waals surface area contributed by atoms with Crippen molar-refractivity contribution in [1.29, 1.82) is 0 Å². The number of carbonyl (C=O) groups is 1. The third kappa shape index (κ3) is 3.09. The summed E-state index contributed by atoms with van der Waals surface area (Å²) < 4.78 is 31.8. The molecule has 2 fully saturated rings. The summed E-state index contributed by atoms with van der Waals surface area (Å²) in [5.74, 6) is 0.877. The average molecular weight is 355 g/mol. The molecule has 1 aromatic heterocycles. The smallest absolute Gasteiger partial charge is 0.225 e. The van der Waals surface area contributed by atoms with E-state index in [1.165, 1.54) is 4.31 Å². The monoisotopic (exact) mass is 355 g/mol. The molecule has 1 aliphatic carbocycles. The lowest BCUT2D eigenvalue weighted by molar-refractivity contribution is -0.138. The van der Waals surface area contributed by atoms with E-state index in [1.807, 2.05) is 0 Å². The highest BCUT2D eigenvalue weighted by Gasteiger charge is 2.43. The van der Waals surface area contributed by atoms with Crippen LogP contribution in [0, 0.1) is 19.8 Å². The van der Waals surface area contributed by atoms with Crippen molar-refractivity contribution in [1.82, 2.24) is 14.4 Å². The van der Waals surface area contributed by atoms with Crippen LogP contribution in [0.3, 0.4) is 0 Å². The molecule has 8 heteroatoms. The number of carbonyl (C=O) groups excluding carboxylic acids is 1. The first-order valence-corrected chi connectivity index (χ1v) is 9.96. The minimum absolute atomic E-state index is 0.105. The maximum absolute atomic E-state index is 12.7. The Bertz CT molecular complexity index is 696. The lowest BCUT2D eigenvalue weighted by Gasteiger charge is -2.41. The summed E-state index contributed by atoms with van der Waals surface area (Å²) >= 11 is 0. The minimum atomic E-state index is -3.43. The van der Waals surface area contributed by atoms with Crippen molar-refractivity contribution in [3.63, 3.8) is 0 Å². The van der Waals surface area contributed by atoms with Crippen LogP contribution in [-0.4, -0.2) is 54.1 Å². The summed E-state index contributed by atoms with van der Waals surface area (Å²) in [6.45, 7) is 4.45. The fraction of sp³-hybridized carbons (Fsp3) is 0.750. The van der Waals surface area contributed by atoms with Gasteiger partial charge >= 0.3 is 0 Å². The predicted molar refractivity (Wildman–Crippen MR) is 88.7 cm³/mol. The molecule has 0 radical (unpaired) electrons. The molecule has 134 valence electrons. The van der Waals surface area contributed by atoms with Gasteiger partial charge in [-0.3, -0.25) is 4.79 Å². The lowest BCUT2D eigenvalue weighted by atomic mass is 10.0. The van der Waals surface area contributed by atoms with Crippen LogP contribution in [0.25, 0.3) is 0 Å². The molecule has 7 nitrogen and oxygen atoms in total. The number of amides is 1. The van der Waals surface area contributed by atoms with Gasteiger partial charge in [-0.15, -0.1) is 0 Å². The van der Waals surface area contributed by atoms with Crippen molar-refractivity contribution in [2.75, 3.05) is 20.1 Å². The quantitative estimate of drug-likeness (QED) is 0.798. The molecule has 0 spiro atoms. The Hall–Kier alpha value is -1.41. The lowest BCUT2D eigenvalue weighted by Crippen LogP contribution is -2.60. The molecule has 2 aliphatic rings. The molecule has 1 aliphatic heterocycles. The van der Waals surface area contributed by atoms with Crippen LogP contribution in [0.2, 0.25) is 0 Å². The summed E-state index contributed by atoms with van der Waals surface area (Å²) in [7, 11) is -1.86. The first kappa shape index (κ1) is 17.4. The van der Waals surface area contributed by atoms with Crippen LogP contribution in [0.5, 0.6) is 0 Å². The Morgan fingerprint density at radius 1 is 1.29 bits per heavy atom. The molecule has 1 saturated carbocycles. The number of aryl methyl sites for hydroxylation is 2. The Kier molecular flexibility index (Phi) is 4.70. The molecule has 1 saturated heterocycles. The van der Waals surface area contributed by atoms with E-state index in [-0.39, 0.29) is 18.4 Å². The second kappa shape index (κ2) is 6.48. The zero-order valence-electron chi connectivity index (χ0n) is 14.5. The molecule has 0 unspecified atom stereocenters. The van der Waals surface area contributed by atoms with Crippen LogP contribution in [0.1, 0.15) is 42.7 Å². The zero-order chi connectivity index (χ0) is 17.5. The molecule has 1 amide bonds. The van der Waals surface area contributed by atoms with Crippen LogP contribution in [-0.2, 0) is 21.4 Å². The molecular formula is C16H25N3O4S. The van der Waals surface area contributed by atoms with E-state index in [1.54, 1.807) is 25.8 Å². The summed E-state index contributed by atoms with van der Waals surface area (Å²) in [5.41, 5.74) is 1.51. The van der Waals surface area contributed by atoms with Crippen molar-refractivity contribution in [2.45, 2.75) is 51.3 Å². The maximum Gasteiger partial charge on any atom is 0.225 e. The van der Waals surface area contributed by atoms with Crippen LogP contribution >= 0.6 is 0 Å². The van der Waals surface area contributed by atoms with Gasteiger partial charge in [0.25, 0.3) is 0 Å². The SMILES string of the molecule is Cc1noc(C)c1CN(C)S(=O)(=O)C1CN(C(=O)C2CCCC2)C1. The molecule has 1 aromatic rings. The largest absolute Gasteiger partial charge is 0.361 e. The zero-order valence-corrected chi connectivity index (χ0v) is 15.3. The van der Waals surface area contributed by atoms with Gasteiger partial charge in [-0.05, 0) is 26.7 Å². The third-order valence-electron chi connectivity index (χ3n) is 5.28. The van der Waals surface area contributed by atoms with Gasteiger partial charge < -0.3 is 9.42 Å². The van der Waals surface area contributed by atoms with Crippen molar-refractivity contribution < 1.29 is 17.7 Å². The van der Waals surface area contributed by atoms with Gasteiger partial charge in [0.05, 0.1) is 5.69 Å². The Morgan fingerprint density at radius 3 is 2.46 bits per heavy atom. The summed E-state index contributed by atoms with van der Waals surface area (Å²) in [4.78, 5) is 14.0. The third-order valence-corrected chi connectivity index (χ3v) is 7.42. The van der Waals surface area contributed by atoms with Gasteiger partial charge in [0, 0.05) is 38.2 Å². The number of aromatic nitrogens is 1. The summed E-state index contributed by atoms with van der Waals surface area (Å²) in [5, 5.41) is 3.35. The van der Waals surface area contributed by atoms with Crippen molar-refractivity contribution in [2.24, 2.45) is 5.92 Å². The van der Waals surface area contributed by atoms with E-state index in [2.05, 4.69) is 5.16 Å². The first-order valence-electron chi connectivity index (χ1n) is 8.46. The van der Waals surface area contributed by atoms with Gasteiger partial charge in [0.1, 0.15) is 11.0 Å². The fourth-order valence-corrected chi connectivity index (χ4v) is 5.09. The van der Waals surface area contributed by atoms with Gasteiger partial charge in [-0.1, -0.05) is 18.0 Å². The van der Waals surface area contributed by atoms with E-state index in [4.69, 9.17) is 4.52 Å². The Labute approximate surface area is 143 Å². The van der Waals surface area contributed by atoms with E-state index in [0.29, 0.717) is 24.5 Å². The van der Waals surface area contributed by atoms with Gasteiger partial charge in [-0.25, -0.2) is 12.7 Å². The molecule has 3 rings (SSSR count). The van der Waals surface area contributed by atoms with Crippen molar-refractivity contribution in [3.05, 3.63) is 17.0 Å². The molecule has 24 heavy (non-hydrogen) atoms. The van der Waals surface area contributed by atoms with E-state index < -0.39 is 15.3 Å². The molecule has 0 atom stereocenters. The van der Waals surface area contributed by atoms with E-state index in [9.17, 15) is 13.2 Å². The van der Waals surface area contributed by atoms with Gasteiger partial charge in [-0.2, -0.15) is 0 Å². The molecule has 0 aromatic carbocycles. The first-order chi connectivity index (χ1) is 11.3. The fourth-order valence-electron chi connectivity index (χ4n) is 3.53. The van der Waals surface area contributed by atoms with Crippen LogP contribution < -0.4 is 0 Å². The van der Waals surface area contributed by atoms with Gasteiger partial charge in [0.15, 0.2) is 0 Å². The standard InChI is InChI=1S/C16H25N3O4S/c1-11-15(12(2)23-17-11)10-18(3)24(21,22)14-8-19(9-14)16(20)13-6-4-5-7-13/h13-14H,4-10H2,1-3H3. The highest BCUT2D eigenvalue weighted by atomic mass is 32.2. The number of sulfonamides is 1. The highest BCUT2D eigenvalue weighted by molar-refractivity contribution is 7.89. The summed E-state index contributed by atoms with van der Waals surface area (Å²) in [6, 6.07) is 0. The Morgan fingerprint density at radius 2 is 1.92 bits per heavy atom. The molecule has 0 bridgehead atoms. The van der Waals surface area contributed by atoms with Crippen LogP contribution in [0.15, 0.2) is 4.52 Å². The normalized spacial score (nSPS) is 19.9. The molecular weight excluding hydrogens is 330 g/mol. The summed E-state index contributed by atoms with van der Waals surface area (Å²) in [6.07, 6.45) is 4.09. The van der Waals surface area contributed by atoms with Gasteiger partial charge in [0.2, 0.25) is 15.9 Å². The second-order valence-corrected chi connectivity index (χ2v) is 9.27. The van der Waals surface area contributed by atoms with Crippen LogP contribution in [0.4, 0.5) is 0 Å². The number of likely N-dealkylation sites (tertiary alicyclic amines) is 1. The number of hydrogen-bond donors (Lipinski definition) is 0. The highest BCUT2D eigenvalue weighted by Crippen LogP contribution is 2.30. The number of hydrogen-bond acceptors (Lipinski definition) is 5. The van der Waals surface area contributed by atoms with Crippen molar-refractivity contribution in [3.8, 4) is 0 Å². The number of rotatable bonds is 5. The average Bonchev–Trinajstić information content (AvgIpc) is 3.10. The minimum Gasteiger partial charge on any atom is -0.361 e. The Balaban J connectivity index is 1.59. The number of nitrogens with zero attached hydrogens (tertiary/aromatic N) is 3. The second-order valence-electron chi connectivity index (χ2n) is 6.95. The molecule has 2 heterocycles. The van der Waals surface area contributed by atoms with Crippen molar-refractivity contribution >= 4 is 15.9 Å². The van der Waals surface area contributed by atoms with E-state index >= 15 is 0 Å². The van der Waals surface area contributed by atoms with E-state index in [0.717, 1.165) is 31.2 Å².